The summed E-state index contributed by atoms with van der Waals surface area (Å²) < 4.78 is 9.95. The minimum atomic E-state index is 0.0401. The Labute approximate surface area is 146 Å². The predicted molar refractivity (Wildman–Crippen MR) is 93.9 cm³/mol. The number of carbonyl (C=O) groups excluding carboxylic acids is 2. The smallest absolute Gasteiger partial charge is 0.162 e. The summed E-state index contributed by atoms with van der Waals surface area (Å²) in [5, 5.41) is 18.5. The maximum absolute atomic E-state index is 11.3. The fraction of sp³-hybridized carbons (Fsp3) is 0.263. The lowest BCUT2D eigenvalue weighted by atomic mass is 10.1. The van der Waals surface area contributed by atoms with Crippen molar-refractivity contribution in [3.8, 4) is 23.0 Å². The van der Waals surface area contributed by atoms with Crippen molar-refractivity contribution >= 4 is 12.1 Å². The predicted octanol–water partition coefficient (Wildman–Crippen LogP) is 3.60. The third kappa shape index (κ3) is 5.84. The van der Waals surface area contributed by atoms with E-state index in [1.165, 1.54) is 31.4 Å². The minimum Gasteiger partial charge on any atom is -0.504 e. The number of carbonyl (C=O) groups is 2. The molecule has 0 atom stereocenters. The van der Waals surface area contributed by atoms with Gasteiger partial charge in [0.2, 0.25) is 0 Å². The summed E-state index contributed by atoms with van der Waals surface area (Å²) in [7, 11) is 1.45. The van der Waals surface area contributed by atoms with Gasteiger partial charge in [0.25, 0.3) is 0 Å². The Morgan fingerprint density at radius 2 is 1.68 bits per heavy atom. The zero-order chi connectivity index (χ0) is 18.8. The molecule has 0 heterocycles. The number of aldehydes is 1. The van der Waals surface area contributed by atoms with Crippen LogP contribution in [-0.2, 0) is 0 Å². The summed E-state index contributed by atoms with van der Waals surface area (Å²) in [6.07, 6.45) is 1.16. The SMILES string of the molecule is CCC(=O)c1ccc(O)c(OC)c1.CCOc1cc(C=O)ccc1O. The quantitative estimate of drug-likeness (QED) is 0.613. The molecule has 25 heavy (non-hydrogen) atoms. The van der Waals surface area contributed by atoms with E-state index in [0.717, 1.165) is 0 Å². The number of phenolic OH excluding ortho intramolecular Hbond substituents is 2. The van der Waals surface area contributed by atoms with E-state index < -0.39 is 0 Å². The normalized spacial score (nSPS) is 9.56. The molecule has 0 fully saturated rings. The van der Waals surface area contributed by atoms with Crippen LogP contribution in [0.4, 0.5) is 0 Å². The lowest BCUT2D eigenvalue weighted by molar-refractivity contribution is 0.0987. The molecule has 0 bridgehead atoms. The number of aromatic hydroxyl groups is 2. The Morgan fingerprint density at radius 3 is 2.24 bits per heavy atom. The number of methoxy groups -OCH3 is 1. The molecule has 0 saturated heterocycles. The van der Waals surface area contributed by atoms with Crippen molar-refractivity contribution in [2.24, 2.45) is 0 Å². The molecule has 0 unspecified atom stereocenters. The van der Waals surface area contributed by atoms with Crippen LogP contribution in [0.1, 0.15) is 41.0 Å². The summed E-state index contributed by atoms with van der Waals surface area (Å²) in [5.74, 6) is 0.831. The summed E-state index contributed by atoms with van der Waals surface area (Å²) in [4.78, 5) is 21.6. The lowest BCUT2D eigenvalue weighted by Crippen LogP contribution is -1.96. The number of benzene rings is 2. The van der Waals surface area contributed by atoms with Crippen LogP contribution in [0.15, 0.2) is 36.4 Å². The molecule has 2 aromatic carbocycles. The number of ether oxygens (including phenoxy) is 2. The maximum Gasteiger partial charge on any atom is 0.162 e. The highest BCUT2D eigenvalue weighted by atomic mass is 16.5. The molecule has 0 aromatic heterocycles. The minimum absolute atomic E-state index is 0.0401. The van der Waals surface area contributed by atoms with Crippen LogP contribution < -0.4 is 9.47 Å². The van der Waals surface area contributed by atoms with Gasteiger partial charge in [-0.25, -0.2) is 0 Å². The van der Waals surface area contributed by atoms with Crippen LogP contribution >= 0.6 is 0 Å². The molecule has 0 radical (unpaired) electrons. The lowest BCUT2D eigenvalue weighted by Gasteiger charge is -2.04. The van der Waals surface area contributed by atoms with Crippen LogP contribution in [0.5, 0.6) is 23.0 Å². The second-order valence-electron chi connectivity index (χ2n) is 4.94. The first-order valence-electron chi connectivity index (χ1n) is 7.77. The number of hydrogen-bond donors (Lipinski definition) is 2. The third-order valence-electron chi connectivity index (χ3n) is 3.24. The zero-order valence-electron chi connectivity index (χ0n) is 14.5. The van der Waals surface area contributed by atoms with Crippen LogP contribution in [0.2, 0.25) is 0 Å². The first kappa shape index (κ1) is 20.0. The summed E-state index contributed by atoms with van der Waals surface area (Å²) >= 11 is 0. The van der Waals surface area contributed by atoms with E-state index in [-0.39, 0.29) is 17.3 Å². The average molecular weight is 346 g/mol. The Balaban J connectivity index is 0.000000251. The van der Waals surface area contributed by atoms with Gasteiger partial charge in [-0.15, -0.1) is 0 Å². The first-order chi connectivity index (χ1) is 12.0. The standard InChI is InChI=1S/C10H12O3.C9H10O3/c1-3-8(11)7-4-5-9(12)10(6-7)13-2;1-2-12-9-5-7(6-10)3-4-8(9)11/h4-6,12H,3H2,1-2H3;3-6,11H,2H2,1H3. The number of ketones is 1. The molecule has 0 aliphatic rings. The van der Waals surface area contributed by atoms with E-state index in [4.69, 9.17) is 9.47 Å². The molecule has 2 rings (SSSR count). The molecule has 2 aromatic rings. The van der Waals surface area contributed by atoms with Gasteiger partial charge in [-0.05, 0) is 43.3 Å². The van der Waals surface area contributed by atoms with Crippen LogP contribution in [0, 0.1) is 0 Å². The Kier molecular flexibility index (Phi) is 7.99. The number of rotatable bonds is 6. The van der Waals surface area contributed by atoms with Crippen molar-refractivity contribution in [1.29, 1.82) is 0 Å². The second-order valence-corrected chi connectivity index (χ2v) is 4.94. The van der Waals surface area contributed by atoms with E-state index in [2.05, 4.69) is 0 Å². The highest BCUT2D eigenvalue weighted by molar-refractivity contribution is 5.96. The van der Waals surface area contributed by atoms with Gasteiger partial charge in [-0.1, -0.05) is 6.92 Å². The topological polar surface area (TPSA) is 93.1 Å². The molecule has 2 N–H and O–H groups in total. The number of hydrogen-bond acceptors (Lipinski definition) is 6. The number of Topliss-reactive ketones (excluding diaryl/α,β-unsaturated/α-hetero) is 1. The number of phenols is 2. The molecule has 6 heteroatoms. The largest absolute Gasteiger partial charge is 0.504 e. The molecule has 0 spiro atoms. The van der Waals surface area contributed by atoms with Gasteiger partial charge in [0, 0.05) is 17.5 Å². The van der Waals surface area contributed by atoms with Crippen molar-refractivity contribution in [1.82, 2.24) is 0 Å². The maximum atomic E-state index is 11.3. The van der Waals surface area contributed by atoms with Gasteiger partial charge in [0.1, 0.15) is 6.29 Å². The van der Waals surface area contributed by atoms with Gasteiger partial charge in [-0.3, -0.25) is 9.59 Å². The summed E-state index contributed by atoms with van der Waals surface area (Å²) in [6.45, 7) is 4.07. The van der Waals surface area contributed by atoms with E-state index in [0.29, 0.717) is 41.9 Å². The van der Waals surface area contributed by atoms with E-state index in [9.17, 15) is 19.8 Å². The molecule has 0 aliphatic carbocycles. The Bertz CT molecular complexity index is 724. The Hall–Kier alpha value is -3.02. The van der Waals surface area contributed by atoms with Crippen molar-refractivity contribution < 1.29 is 29.3 Å². The average Bonchev–Trinajstić information content (AvgIpc) is 2.64. The molecule has 0 saturated carbocycles. The van der Waals surface area contributed by atoms with E-state index in [1.807, 2.05) is 6.92 Å². The van der Waals surface area contributed by atoms with E-state index in [1.54, 1.807) is 19.1 Å². The molecule has 0 amide bonds. The van der Waals surface area contributed by atoms with Crippen molar-refractivity contribution in [2.45, 2.75) is 20.3 Å². The summed E-state index contributed by atoms with van der Waals surface area (Å²) in [5.41, 5.74) is 1.06. The molecule has 6 nitrogen and oxygen atoms in total. The van der Waals surface area contributed by atoms with Crippen LogP contribution in [-0.4, -0.2) is 36.0 Å². The zero-order valence-corrected chi connectivity index (χ0v) is 14.5. The fourth-order valence-electron chi connectivity index (χ4n) is 1.93. The van der Waals surface area contributed by atoms with Gasteiger partial charge in [0.15, 0.2) is 28.8 Å². The Morgan fingerprint density at radius 1 is 1.04 bits per heavy atom. The highest BCUT2D eigenvalue weighted by Crippen LogP contribution is 2.27. The van der Waals surface area contributed by atoms with E-state index >= 15 is 0 Å². The molecular weight excluding hydrogens is 324 g/mol. The van der Waals surface area contributed by atoms with Crippen LogP contribution in [0.25, 0.3) is 0 Å². The first-order valence-corrected chi connectivity index (χ1v) is 7.77. The van der Waals surface area contributed by atoms with Gasteiger partial charge >= 0.3 is 0 Å². The van der Waals surface area contributed by atoms with Crippen molar-refractivity contribution in [2.75, 3.05) is 13.7 Å². The third-order valence-corrected chi connectivity index (χ3v) is 3.24. The molecule has 134 valence electrons. The van der Waals surface area contributed by atoms with Crippen LogP contribution in [0.3, 0.4) is 0 Å². The highest BCUT2D eigenvalue weighted by Gasteiger charge is 2.07. The van der Waals surface area contributed by atoms with Crippen molar-refractivity contribution in [3.63, 3.8) is 0 Å². The van der Waals surface area contributed by atoms with Crippen molar-refractivity contribution in [3.05, 3.63) is 47.5 Å². The summed E-state index contributed by atoms with van der Waals surface area (Å²) in [6, 6.07) is 9.07. The monoisotopic (exact) mass is 346 g/mol. The molecule has 0 aliphatic heterocycles. The fourth-order valence-corrected chi connectivity index (χ4v) is 1.93. The van der Waals surface area contributed by atoms with Gasteiger partial charge in [-0.2, -0.15) is 0 Å². The molecular formula is C19H22O6. The van der Waals surface area contributed by atoms with Gasteiger partial charge < -0.3 is 19.7 Å². The van der Waals surface area contributed by atoms with Gasteiger partial charge in [0.05, 0.1) is 13.7 Å². The second kappa shape index (κ2) is 9.97.